The first-order valence-corrected chi connectivity index (χ1v) is 7.99. The van der Waals surface area contributed by atoms with Crippen LogP contribution in [0.1, 0.15) is 36.1 Å². The number of fused-ring (bicyclic) bond motifs is 1. The summed E-state index contributed by atoms with van der Waals surface area (Å²) in [5.41, 5.74) is -1.71. The van der Waals surface area contributed by atoms with Gasteiger partial charge in [0.05, 0.1) is 5.01 Å². The van der Waals surface area contributed by atoms with E-state index in [0.29, 0.717) is 9.71 Å². The van der Waals surface area contributed by atoms with Gasteiger partial charge >= 0.3 is 5.97 Å². The number of carboxylic acids is 1. The molecule has 24 heavy (non-hydrogen) atoms. The topological polar surface area (TPSA) is 122 Å². The van der Waals surface area contributed by atoms with Crippen molar-refractivity contribution in [3.8, 4) is 5.75 Å². The van der Waals surface area contributed by atoms with Crippen LogP contribution in [-0.4, -0.2) is 37.7 Å². The molecule has 0 fully saturated rings. The fourth-order valence-corrected chi connectivity index (χ4v) is 3.23. The summed E-state index contributed by atoms with van der Waals surface area (Å²) in [4.78, 5) is 40.5. The molecule has 9 heteroatoms. The van der Waals surface area contributed by atoms with Gasteiger partial charge in [0.15, 0.2) is 11.4 Å². The molecule has 1 unspecified atom stereocenters. The van der Waals surface area contributed by atoms with Crippen LogP contribution >= 0.6 is 11.3 Å². The summed E-state index contributed by atoms with van der Waals surface area (Å²) in [5.74, 6) is -2.63. The standard InChI is InChI=1S/C15H19N3O5S/c1-6-16-11-9(24-6)8(19)7(13(21)18(11)5)12(20)17-10(14(22)23)15(2,3)4/h10,19H,1-5H3,(H,17,20)(H,22,23). The lowest BCUT2D eigenvalue weighted by atomic mass is 9.86. The normalized spacial score (nSPS) is 13.0. The van der Waals surface area contributed by atoms with Crippen molar-refractivity contribution in [2.24, 2.45) is 12.5 Å². The molecule has 8 nitrogen and oxygen atoms in total. The van der Waals surface area contributed by atoms with Gasteiger partial charge in [-0.25, -0.2) is 9.78 Å². The molecule has 0 spiro atoms. The number of pyridine rings is 1. The number of aliphatic carboxylic acids is 1. The van der Waals surface area contributed by atoms with E-state index in [0.717, 1.165) is 11.3 Å². The van der Waals surface area contributed by atoms with E-state index in [1.54, 1.807) is 27.7 Å². The van der Waals surface area contributed by atoms with Crippen LogP contribution in [0.15, 0.2) is 4.79 Å². The third-order valence-corrected chi connectivity index (χ3v) is 4.59. The first-order valence-electron chi connectivity index (χ1n) is 7.18. The molecule has 0 aliphatic carbocycles. The van der Waals surface area contributed by atoms with E-state index in [1.165, 1.54) is 11.6 Å². The second-order valence-electron chi connectivity index (χ2n) is 6.58. The first-order chi connectivity index (χ1) is 10.9. The van der Waals surface area contributed by atoms with Gasteiger partial charge in [0, 0.05) is 7.05 Å². The molecule has 3 N–H and O–H groups in total. The van der Waals surface area contributed by atoms with E-state index in [9.17, 15) is 24.6 Å². The second kappa shape index (κ2) is 5.90. The first kappa shape index (κ1) is 17.9. The van der Waals surface area contributed by atoms with Crippen LogP contribution < -0.4 is 10.9 Å². The number of nitrogens with one attached hydrogen (secondary N) is 1. The fourth-order valence-electron chi connectivity index (χ4n) is 2.33. The predicted molar refractivity (Wildman–Crippen MR) is 89.6 cm³/mol. The molecule has 0 saturated heterocycles. The summed E-state index contributed by atoms with van der Waals surface area (Å²) < 4.78 is 1.47. The van der Waals surface area contributed by atoms with Crippen molar-refractivity contribution in [2.45, 2.75) is 33.7 Å². The number of thiazole rings is 1. The Balaban J connectivity index is 2.58. The maximum Gasteiger partial charge on any atom is 0.326 e. The van der Waals surface area contributed by atoms with Crippen molar-refractivity contribution in [1.82, 2.24) is 14.9 Å². The summed E-state index contributed by atoms with van der Waals surface area (Å²) in [7, 11) is 1.44. The second-order valence-corrected chi connectivity index (χ2v) is 7.79. The number of aromatic hydroxyl groups is 1. The maximum atomic E-state index is 12.5. The Bertz CT molecular complexity index is 891. The van der Waals surface area contributed by atoms with E-state index < -0.39 is 40.2 Å². The SMILES string of the molecule is Cc1nc2c(s1)c(O)c(C(=O)NC(C(=O)O)C(C)(C)C)c(=O)n2C. The number of carbonyl (C=O) groups is 2. The molecule has 2 heterocycles. The molecule has 130 valence electrons. The summed E-state index contributed by atoms with van der Waals surface area (Å²) in [5, 5.41) is 22.6. The molecular formula is C15H19N3O5S. The van der Waals surface area contributed by atoms with Crippen LogP contribution in [0.5, 0.6) is 5.75 Å². The number of aromatic nitrogens is 2. The average molecular weight is 353 g/mol. The number of hydrogen-bond donors (Lipinski definition) is 3. The van der Waals surface area contributed by atoms with Crippen LogP contribution in [0, 0.1) is 12.3 Å². The van der Waals surface area contributed by atoms with Crippen molar-refractivity contribution in [2.75, 3.05) is 0 Å². The summed E-state index contributed by atoms with van der Waals surface area (Å²) in [6.45, 7) is 6.67. The van der Waals surface area contributed by atoms with Gasteiger partial charge < -0.3 is 15.5 Å². The van der Waals surface area contributed by atoms with Crippen molar-refractivity contribution in [1.29, 1.82) is 0 Å². The zero-order valence-electron chi connectivity index (χ0n) is 14.0. The Hall–Kier alpha value is -2.42. The van der Waals surface area contributed by atoms with Crippen LogP contribution in [-0.2, 0) is 11.8 Å². The Morgan fingerprint density at radius 3 is 2.42 bits per heavy atom. The molecule has 0 aliphatic heterocycles. The van der Waals surface area contributed by atoms with Crippen molar-refractivity contribution < 1.29 is 19.8 Å². The molecular weight excluding hydrogens is 334 g/mol. The van der Waals surface area contributed by atoms with Gasteiger partial charge in [-0.2, -0.15) is 0 Å². The molecule has 0 radical (unpaired) electrons. The molecule has 2 rings (SSSR count). The zero-order valence-corrected chi connectivity index (χ0v) is 14.8. The molecule has 0 bridgehead atoms. The van der Waals surface area contributed by atoms with Gasteiger partial charge in [0.2, 0.25) is 0 Å². The van der Waals surface area contributed by atoms with Crippen molar-refractivity contribution in [3.05, 3.63) is 20.9 Å². The minimum atomic E-state index is -1.22. The molecule has 0 aliphatic rings. The number of amides is 1. The minimum Gasteiger partial charge on any atom is -0.505 e. The number of hydrogen-bond acceptors (Lipinski definition) is 6. The number of rotatable bonds is 3. The summed E-state index contributed by atoms with van der Waals surface area (Å²) in [6.07, 6.45) is 0. The van der Waals surface area contributed by atoms with Gasteiger partial charge in [0.1, 0.15) is 16.3 Å². The molecule has 1 amide bonds. The predicted octanol–water partition coefficient (Wildman–Crippen LogP) is 1.24. The largest absolute Gasteiger partial charge is 0.505 e. The van der Waals surface area contributed by atoms with Crippen LogP contribution in [0.25, 0.3) is 10.3 Å². The van der Waals surface area contributed by atoms with Crippen molar-refractivity contribution in [3.63, 3.8) is 0 Å². The van der Waals surface area contributed by atoms with E-state index >= 15 is 0 Å². The maximum absolute atomic E-state index is 12.5. The molecule has 0 saturated carbocycles. The van der Waals surface area contributed by atoms with E-state index in [1.807, 2.05) is 0 Å². The molecule has 2 aromatic heterocycles. The van der Waals surface area contributed by atoms with Gasteiger partial charge in [0.25, 0.3) is 11.5 Å². The Morgan fingerprint density at radius 1 is 1.33 bits per heavy atom. The summed E-state index contributed by atoms with van der Waals surface area (Å²) in [6, 6.07) is -1.21. The summed E-state index contributed by atoms with van der Waals surface area (Å²) >= 11 is 1.15. The third-order valence-electron chi connectivity index (χ3n) is 3.62. The van der Waals surface area contributed by atoms with Crippen molar-refractivity contribution >= 4 is 33.6 Å². The van der Waals surface area contributed by atoms with Gasteiger partial charge in [-0.3, -0.25) is 14.2 Å². The van der Waals surface area contributed by atoms with Gasteiger partial charge in [-0.1, -0.05) is 20.8 Å². The number of carboxylic acid groups (broad SMARTS) is 1. The highest BCUT2D eigenvalue weighted by Crippen LogP contribution is 2.31. The lowest BCUT2D eigenvalue weighted by molar-refractivity contribution is -0.142. The number of nitrogens with zero attached hydrogens (tertiary/aromatic N) is 2. The van der Waals surface area contributed by atoms with Gasteiger partial charge in [-0.05, 0) is 12.3 Å². The van der Waals surface area contributed by atoms with E-state index in [2.05, 4.69) is 10.3 Å². The lowest BCUT2D eigenvalue weighted by Gasteiger charge is -2.27. The Kier molecular flexibility index (Phi) is 4.40. The minimum absolute atomic E-state index is 0.280. The Labute approximate surface area is 141 Å². The molecule has 2 aromatic rings. The number of aryl methyl sites for hydroxylation is 2. The Morgan fingerprint density at radius 2 is 1.92 bits per heavy atom. The zero-order chi connectivity index (χ0) is 18.4. The highest BCUT2D eigenvalue weighted by Gasteiger charge is 2.34. The van der Waals surface area contributed by atoms with Crippen LogP contribution in [0.4, 0.5) is 0 Å². The van der Waals surface area contributed by atoms with E-state index in [4.69, 9.17) is 0 Å². The highest BCUT2D eigenvalue weighted by molar-refractivity contribution is 7.18. The molecule has 0 aromatic carbocycles. The highest BCUT2D eigenvalue weighted by atomic mass is 32.1. The smallest absolute Gasteiger partial charge is 0.326 e. The average Bonchev–Trinajstić information content (AvgIpc) is 2.83. The van der Waals surface area contributed by atoms with Gasteiger partial charge in [-0.15, -0.1) is 11.3 Å². The molecule has 1 atom stereocenters. The van der Waals surface area contributed by atoms with Crippen LogP contribution in [0.3, 0.4) is 0 Å². The number of carbonyl (C=O) groups excluding carboxylic acids is 1. The van der Waals surface area contributed by atoms with Crippen LogP contribution in [0.2, 0.25) is 0 Å². The fraction of sp³-hybridized carbons (Fsp3) is 0.467. The third kappa shape index (κ3) is 2.99. The lowest BCUT2D eigenvalue weighted by Crippen LogP contribution is -2.50. The monoisotopic (exact) mass is 353 g/mol. The quantitative estimate of drug-likeness (QED) is 0.763. The van der Waals surface area contributed by atoms with E-state index in [-0.39, 0.29) is 5.65 Å².